The number of nitrogens with zero attached hydrogens (tertiary/aromatic N) is 2. The zero-order valence-corrected chi connectivity index (χ0v) is 11.9. The molecule has 3 rings (SSSR count). The Bertz CT molecular complexity index is 484. The molecule has 20 heavy (non-hydrogen) atoms. The maximum atomic E-state index is 13.8. The third-order valence-electron chi connectivity index (χ3n) is 4.85. The number of likely N-dealkylation sites (tertiary alicyclic amines) is 1. The van der Waals surface area contributed by atoms with E-state index in [4.69, 9.17) is 0 Å². The van der Waals surface area contributed by atoms with Crippen molar-refractivity contribution in [3.8, 4) is 0 Å². The third-order valence-corrected chi connectivity index (χ3v) is 6.19. The Morgan fingerprint density at radius 2 is 1.95 bits per heavy atom. The molecule has 3 aliphatic heterocycles. The molecule has 3 aliphatic rings. The first-order chi connectivity index (χ1) is 9.27. The SMILES string of the molecule is CS[C@@]1(C(F)(F)F)[C@H]2C(=O)N(C)C(=O)[C@H]2[C@H]2CCCN21. The van der Waals surface area contributed by atoms with Crippen LogP contribution in [-0.4, -0.2) is 58.6 Å². The van der Waals surface area contributed by atoms with Crippen LogP contribution in [0.5, 0.6) is 0 Å². The van der Waals surface area contributed by atoms with Crippen LogP contribution >= 0.6 is 11.8 Å². The molecule has 2 amide bonds. The lowest BCUT2D eigenvalue weighted by Gasteiger charge is -2.41. The van der Waals surface area contributed by atoms with Gasteiger partial charge in [0.1, 0.15) is 0 Å². The lowest BCUT2D eigenvalue weighted by molar-refractivity contribution is -0.202. The molecular weight excluding hydrogens is 293 g/mol. The van der Waals surface area contributed by atoms with Crippen molar-refractivity contribution in [2.45, 2.75) is 29.9 Å². The molecule has 0 radical (unpaired) electrons. The smallest absolute Gasteiger partial charge is 0.285 e. The number of imide groups is 1. The van der Waals surface area contributed by atoms with Gasteiger partial charge in [-0.1, -0.05) is 0 Å². The van der Waals surface area contributed by atoms with Gasteiger partial charge in [-0.05, 0) is 19.1 Å². The fourth-order valence-electron chi connectivity index (χ4n) is 4.09. The number of carbonyl (C=O) groups excluding carboxylic acids is 2. The van der Waals surface area contributed by atoms with Crippen LogP contribution < -0.4 is 0 Å². The molecule has 0 aliphatic carbocycles. The van der Waals surface area contributed by atoms with Crippen molar-refractivity contribution in [3.05, 3.63) is 0 Å². The van der Waals surface area contributed by atoms with E-state index in [0.29, 0.717) is 31.1 Å². The summed E-state index contributed by atoms with van der Waals surface area (Å²) in [5, 5.41) is 0. The summed E-state index contributed by atoms with van der Waals surface area (Å²) in [7, 11) is 1.28. The van der Waals surface area contributed by atoms with Crippen LogP contribution in [0, 0.1) is 11.8 Å². The molecule has 3 heterocycles. The van der Waals surface area contributed by atoms with E-state index in [2.05, 4.69) is 0 Å². The number of hydrogen-bond donors (Lipinski definition) is 0. The third kappa shape index (κ3) is 1.39. The molecule has 8 heteroatoms. The van der Waals surface area contributed by atoms with Crippen molar-refractivity contribution in [2.24, 2.45) is 11.8 Å². The molecule has 0 saturated carbocycles. The van der Waals surface area contributed by atoms with Crippen LogP contribution in [0.2, 0.25) is 0 Å². The molecule has 0 aromatic rings. The van der Waals surface area contributed by atoms with Crippen LogP contribution in [-0.2, 0) is 9.59 Å². The molecule has 0 spiro atoms. The van der Waals surface area contributed by atoms with Crippen molar-refractivity contribution >= 4 is 23.6 Å². The highest BCUT2D eigenvalue weighted by Crippen LogP contribution is 2.61. The summed E-state index contributed by atoms with van der Waals surface area (Å²) in [6.07, 6.45) is -1.99. The van der Waals surface area contributed by atoms with E-state index < -0.39 is 40.7 Å². The topological polar surface area (TPSA) is 40.6 Å². The van der Waals surface area contributed by atoms with E-state index in [1.54, 1.807) is 0 Å². The highest BCUT2D eigenvalue weighted by molar-refractivity contribution is 8.00. The maximum absolute atomic E-state index is 13.8. The number of fused-ring (bicyclic) bond motifs is 3. The van der Waals surface area contributed by atoms with Crippen molar-refractivity contribution in [2.75, 3.05) is 19.8 Å². The molecule has 0 unspecified atom stereocenters. The van der Waals surface area contributed by atoms with Crippen molar-refractivity contribution < 1.29 is 22.8 Å². The van der Waals surface area contributed by atoms with E-state index in [1.165, 1.54) is 18.2 Å². The Kier molecular flexibility index (Phi) is 2.93. The summed E-state index contributed by atoms with van der Waals surface area (Å²) in [5.74, 6) is -3.30. The number of halogens is 3. The largest absolute Gasteiger partial charge is 0.417 e. The van der Waals surface area contributed by atoms with Crippen LogP contribution in [0.25, 0.3) is 0 Å². The second kappa shape index (κ2) is 4.13. The summed E-state index contributed by atoms with van der Waals surface area (Å²) in [4.78, 5) is 24.4. The molecule has 0 bridgehead atoms. The lowest BCUT2D eigenvalue weighted by Crippen LogP contribution is -2.58. The molecule has 0 aromatic carbocycles. The Labute approximate surface area is 118 Å². The van der Waals surface area contributed by atoms with Gasteiger partial charge in [0.15, 0.2) is 4.87 Å². The minimum absolute atomic E-state index is 0.294. The van der Waals surface area contributed by atoms with Gasteiger partial charge in [-0.15, -0.1) is 11.8 Å². The van der Waals surface area contributed by atoms with Gasteiger partial charge in [-0.2, -0.15) is 13.2 Å². The van der Waals surface area contributed by atoms with Gasteiger partial charge in [0.2, 0.25) is 11.8 Å². The number of amides is 2. The quantitative estimate of drug-likeness (QED) is 0.685. The number of rotatable bonds is 1. The summed E-state index contributed by atoms with van der Waals surface area (Å²) < 4.78 is 41.3. The average Bonchev–Trinajstić information content (AvgIpc) is 2.97. The van der Waals surface area contributed by atoms with Crippen molar-refractivity contribution in [1.82, 2.24) is 9.80 Å². The second-order valence-corrected chi connectivity index (χ2v) is 6.57. The molecule has 3 saturated heterocycles. The predicted octanol–water partition coefficient (Wildman–Crippen LogP) is 1.32. The van der Waals surface area contributed by atoms with Crippen molar-refractivity contribution in [3.63, 3.8) is 0 Å². The van der Waals surface area contributed by atoms with E-state index in [0.717, 1.165) is 4.90 Å². The van der Waals surface area contributed by atoms with Crippen LogP contribution in [0.1, 0.15) is 12.8 Å². The first-order valence-corrected chi connectivity index (χ1v) is 7.70. The Balaban J connectivity index is 2.18. The zero-order valence-electron chi connectivity index (χ0n) is 11.1. The first-order valence-electron chi connectivity index (χ1n) is 6.47. The van der Waals surface area contributed by atoms with Crippen molar-refractivity contribution in [1.29, 1.82) is 0 Å². The monoisotopic (exact) mass is 308 g/mol. The second-order valence-electron chi connectivity index (χ2n) is 5.54. The Morgan fingerprint density at radius 3 is 2.50 bits per heavy atom. The predicted molar refractivity (Wildman–Crippen MR) is 66.8 cm³/mol. The zero-order chi connectivity index (χ0) is 14.9. The molecule has 4 nitrogen and oxygen atoms in total. The summed E-state index contributed by atoms with van der Waals surface area (Å²) >= 11 is 0.649. The van der Waals surface area contributed by atoms with Gasteiger partial charge < -0.3 is 0 Å². The molecule has 0 N–H and O–H groups in total. The maximum Gasteiger partial charge on any atom is 0.417 e. The molecular formula is C12H15F3N2O2S. The van der Waals surface area contributed by atoms with E-state index in [1.807, 2.05) is 0 Å². The normalized spacial score (nSPS) is 41.5. The van der Waals surface area contributed by atoms with Gasteiger partial charge in [-0.3, -0.25) is 19.4 Å². The summed E-state index contributed by atoms with van der Waals surface area (Å²) in [5.41, 5.74) is 0. The van der Waals surface area contributed by atoms with Gasteiger partial charge in [0.05, 0.1) is 11.8 Å². The number of hydrogen-bond acceptors (Lipinski definition) is 4. The molecule has 4 atom stereocenters. The fraction of sp³-hybridized carbons (Fsp3) is 0.833. The Morgan fingerprint density at radius 1 is 1.30 bits per heavy atom. The van der Waals surface area contributed by atoms with E-state index in [9.17, 15) is 22.8 Å². The molecule has 3 fully saturated rings. The number of thioether (sulfide) groups is 1. The Hall–Kier alpha value is -0.760. The van der Waals surface area contributed by atoms with E-state index in [-0.39, 0.29) is 0 Å². The van der Waals surface area contributed by atoms with Crippen LogP contribution in [0.3, 0.4) is 0 Å². The minimum atomic E-state index is -4.55. The number of carbonyl (C=O) groups is 2. The standard InChI is InChI=1S/C12H15F3N2O2S/c1-16-9(18)7-6-4-3-5-17(6)11(20-2,12(13,14)15)8(7)10(16)19/h6-8H,3-5H2,1-2H3/t6-,7+,8-,11-/m1/s1. The highest BCUT2D eigenvalue weighted by Gasteiger charge is 2.77. The summed E-state index contributed by atoms with van der Waals surface area (Å²) in [6.45, 7) is 0.294. The molecule has 0 aromatic heterocycles. The average molecular weight is 308 g/mol. The fourth-order valence-corrected chi connectivity index (χ4v) is 5.28. The van der Waals surface area contributed by atoms with E-state index >= 15 is 0 Å². The lowest BCUT2D eigenvalue weighted by atomic mass is 9.87. The van der Waals surface area contributed by atoms with Gasteiger partial charge in [0.25, 0.3) is 0 Å². The minimum Gasteiger partial charge on any atom is -0.285 e. The van der Waals surface area contributed by atoms with Crippen LogP contribution in [0.15, 0.2) is 0 Å². The van der Waals surface area contributed by atoms with Crippen LogP contribution in [0.4, 0.5) is 13.2 Å². The highest BCUT2D eigenvalue weighted by atomic mass is 32.2. The van der Waals surface area contributed by atoms with Gasteiger partial charge in [-0.25, -0.2) is 0 Å². The number of alkyl halides is 3. The summed E-state index contributed by atoms with van der Waals surface area (Å²) in [6, 6.07) is -0.463. The first kappa shape index (κ1) is 14.2. The van der Waals surface area contributed by atoms with Gasteiger partial charge >= 0.3 is 6.18 Å². The molecule has 112 valence electrons. The van der Waals surface area contributed by atoms with Gasteiger partial charge in [0, 0.05) is 19.6 Å².